The summed E-state index contributed by atoms with van der Waals surface area (Å²) in [6.45, 7) is 2.52. The lowest BCUT2D eigenvalue weighted by Crippen LogP contribution is -2.31. The molecular weight excluding hydrogens is 239 g/mol. The molecule has 98 valence electrons. The third kappa shape index (κ3) is 3.44. The van der Waals surface area contributed by atoms with Gasteiger partial charge in [-0.15, -0.1) is 0 Å². The molecule has 1 rings (SSSR count). The van der Waals surface area contributed by atoms with Crippen molar-refractivity contribution in [2.45, 2.75) is 13.3 Å². The van der Waals surface area contributed by atoms with Crippen molar-refractivity contribution < 1.29 is 19.1 Å². The lowest BCUT2D eigenvalue weighted by atomic mass is 10.2. The Bertz CT molecular complexity index is 463. The summed E-state index contributed by atoms with van der Waals surface area (Å²) in [7, 11) is 1.63. The van der Waals surface area contributed by atoms with Crippen molar-refractivity contribution in [1.29, 1.82) is 0 Å². The van der Waals surface area contributed by atoms with Crippen LogP contribution in [0, 0.1) is 5.82 Å². The average Bonchev–Trinajstić information content (AvgIpc) is 2.28. The van der Waals surface area contributed by atoms with Crippen LogP contribution in [-0.2, 0) is 0 Å². The molecular formula is C12H15FN2O3. The standard InChI is InChI=1S/C12H15FN2O3/c1-3-6-15(2)12(18)14-8-4-5-9(11(16)17)10(13)7-8/h4-5,7H,3,6H2,1-2H3,(H,14,18)(H,16,17). The molecule has 18 heavy (non-hydrogen) atoms. The molecule has 0 bridgehead atoms. The molecule has 5 nitrogen and oxygen atoms in total. The van der Waals surface area contributed by atoms with Crippen molar-refractivity contribution in [3.05, 3.63) is 29.6 Å². The van der Waals surface area contributed by atoms with Gasteiger partial charge in [0.15, 0.2) is 0 Å². The van der Waals surface area contributed by atoms with Gasteiger partial charge in [-0.05, 0) is 24.6 Å². The van der Waals surface area contributed by atoms with Crippen molar-refractivity contribution in [3.63, 3.8) is 0 Å². The molecule has 0 atom stereocenters. The normalized spacial score (nSPS) is 9.94. The number of halogens is 1. The topological polar surface area (TPSA) is 69.6 Å². The van der Waals surface area contributed by atoms with Gasteiger partial charge in [-0.2, -0.15) is 0 Å². The second-order valence-electron chi connectivity index (χ2n) is 3.85. The minimum absolute atomic E-state index is 0.227. The first-order valence-electron chi connectivity index (χ1n) is 5.50. The summed E-state index contributed by atoms with van der Waals surface area (Å²) in [5.74, 6) is -2.22. The molecule has 6 heteroatoms. The first-order chi connectivity index (χ1) is 8.45. The van der Waals surface area contributed by atoms with Gasteiger partial charge in [-0.25, -0.2) is 14.0 Å². The first kappa shape index (κ1) is 14.0. The summed E-state index contributed by atoms with van der Waals surface area (Å²) >= 11 is 0. The molecule has 0 radical (unpaired) electrons. The van der Waals surface area contributed by atoms with E-state index in [1.807, 2.05) is 6.92 Å². The number of anilines is 1. The fraction of sp³-hybridized carbons (Fsp3) is 0.333. The van der Waals surface area contributed by atoms with Crippen molar-refractivity contribution in [3.8, 4) is 0 Å². The van der Waals surface area contributed by atoms with Crippen LogP contribution in [0.15, 0.2) is 18.2 Å². The Morgan fingerprint density at radius 2 is 2.11 bits per heavy atom. The lowest BCUT2D eigenvalue weighted by Gasteiger charge is -2.17. The Balaban J connectivity index is 2.77. The van der Waals surface area contributed by atoms with E-state index in [2.05, 4.69) is 5.32 Å². The quantitative estimate of drug-likeness (QED) is 0.866. The highest BCUT2D eigenvalue weighted by Gasteiger charge is 2.12. The Kier molecular flexibility index (Phi) is 4.65. The maximum atomic E-state index is 13.4. The number of carbonyl (C=O) groups excluding carboxylic acids is 1. The number of carboxylic acids is 1. The average molecular weight is 254 g/mol. The van der Waals surface area contributed by atoms with Crippen molar-refractivity contribution in [2.24, 2.45) is 0 Å². The van der Waals surface area contributed by atoms with Gasteiger partial charge in [0.25, 0.3) is 0 Å². The van der Waals surface area contributed by atoms with Crippen LogP contribution in [0.25, 0.3) is 0 Å². The molecule has 2 N–H and O–H groups in total. The Hall–Kier alpha value is -2.11. The number of carbonyl (C=O) groups is 2. The zero-order valence-corrected chi connectivity index (χ0v) is 10.2. The number of carboxylic acid groups (broad SMARTS) is 1. The Labute approximate surface area is 104 Å². The number of aromatic carboxylic acids is 1. The van der Waals surface area contributed by atoms with Crippen LogP contribution in [-0.4, -0.2) is 35.6 Å². The highest BCUT2D eigenvalue weighted by molar-refractivity contribution is 5.91. The van der Waals surface area contributed by atoms with Crippen LogP contribution >= 0.6 is 0 Å². The molecule has 0 fully saturated rings. The van der Waals surface area contributed by atoms with E-state index in [9.17, 15) is 14.0 Å². The molecule has 0 spiro atoms. The van der Waals surface area contributed by atoms with E-state index in [0.717, 1.165) is 18.6 Å². The zero-order chi connectivity index (χ0) is 13.7. The van der Waals surface area contributed by atoms with Gasteiger partial charge < -0.3 is 15.3 Å². The van der Waals surface area contributed by atoms with E-state index < -0.39 is 17.3 Å². The number of nitrogens with zero attached hydrogens (tertiary/aromatic N) is 1. The number of benzene rings is 1. The Morgan fingerprint density at radius 3 is 2.61 bits per heavy atom. The Morgan fingerprint density at radius 1 is 1.44 bits per heavy atom. The molecule has 0 aliphatic rings. The van der Waals surface area contributed by atoms with Gasteiger partial charge in [0.05, 0.1) is 5.56 Å². The predicted octanol–water partition coefficient (Wildman–Crippen LogP) is 2.40. The smallest absolute Gasteiger partial charge is 0.338 e. The molecule has 0 saturated carbocycles. The summed E-state index contributed by atoms with van der Waals surface area (Å²) in [5, 5.41) is 11.1. The molecule has 0 aliphatic heterocycles. The van der Waals surface area contributed by atoms with Crippen LogP contribution in [0.3, 0.4) is 0 Å². The van der Waals surface area contributed by atoms with Crippen LogP contribution in [0.2, 0.25) is 0 Å². The van der Waals surface area contributed by atoms with Gasteiger partial charge in [-0.3, -0.25) is 0 Å². The number of nitrogens with one attached hydrogen (secondary N) is 1. The maximum Gasteiger partial charge on any atom is 0.338 e. The zero-order valence-electron chi connectivity index (χ0n) is 10.2. The lowest BCUT2D eigenvalue weighted by molar-refractivity contribution is 0.0692. The van der Waals surface area contributed by atoms with Gasteiger partial charge in [-0.1, -0.05) is 6.92 Å². The highest BCUT2D eigenvalue weighted by atomic mass is 19.1. The molecule has 1 aromatic rings. The third-order valence-electron chi connectivity index (χ3n) is 2.36. The van der Waals surface area contributed by atoms with Gasteiger partial charge in [0.1, 0.15) is 5.82 Å². The van der Waals surface area contributed by atoms with Crippen LogP contribution < -0.4 is 5.32 Å². The van der Waals surface area contributed by atoms with Crippen LogP contribution in [0.5, 0.6) is 0 Å². The van der Waals surface area contributed by atoms with Crippen molar-refractivity contribution in [2.75, 3.05) is 18.9 Å². The maximum absolute atomic E-state index is 13.4. The fourth-order valence-electron chi connectivity index (χ4n) is 1.42. The predicted molar refractivity (Wildman–Crippen MR) is 65.3 cm³/mol. The van der Waals surface area contributed by atoms with E-state index in [-0.39, 0.29) is 11.7 Å². The number of amides is 2. The van der Waals surface area contributed by atoms with Gasteiger partial charge in [0.2, 0.25) is 0 Å². The van der Waals surface area contributed by atoms with E-state index in [1.165, 1.54) is 11.0 Å². The highest BCUT2D eigenvalue weighted by Crippen LogP contribution is 2.15. The number of urea groups is 1. The molecule has 0 heterocycles. The molecule has 0 aromatic heterocycles. The monoisotopic (exact) mass is 254 g/mol. The fourth-order valence-corrected chi connectivity index (χ4v) is 1.42. The van der Waals surface area contributed by atoms with Crippen molar-refractivity contribution in [1.82, 2.24) is 4.90 Å². The SMILES string of the molecule is CCCN(C)C(=O)Nc1ccc(C(=O)O)c(F)c1. The number of rotatable bonds is 4. The van der Waals surface area contributed by atoms with Crippen LogP contribution in [0.1, 0.15) is 23.7 Å². The second-order valence-corrected chi connectivity index (χ2v) is 3.85. The third-order valence-corrected chi connectivity index (χ3v) is 2.36. The summed E-state index contributed by atoms with van der Waals surface area (Å²) in [5.41, 5.74) is -0.194. The first-order valence-corrected chi connectivity index (χ1v) is 5.50. The molecule has 0 unspecified atom stereocenters. The molecule has 0 aliphatic carbocycles. The summed E-state index contributed by atoms with van der Waals surface area (Å²) in [6.07, 6.45) is 0.816. The van der Waals surface area contributed by atoms with Crippen LogP contribution in [0.4, 0.5) is 14.9 Å². The number of hydrogen-bond acceptors (Lipinski definition) is 2. The van der Waals surface area contributed by atoms with E-state index in [0.29, 0.717) is 6.54 Å². The second kappa shape index (κ2) is 6.00. The van der Waals surface area contributed by atoms with Gasteiger partial charge >= 0.3 is 12.0 Å². The van der Waals surface area contributed by atoms with E-state index in [1.54, 1.807) is 7.05 Å². The van der Waals surface area contributed by atoms with E-state index >= 15 is 0 Å². The minimum Gasteiger partial charge on any atom is -0.478 e. The summed E-state index contributed by atoms with van der Waals surface area (Å²) in [6, 6.07) is 3.10. The summed E-state index contributed by atoms with van der Waals surface area (Å²) in [4.78, 5) is 23.7. The van der Waals surface area contributed by atoms with E-state index in [4.69, 9.17) is 5.11 Å². The number of hydrogen-bond donors (Lipinski definition) is 2. The largest absolute Gasteiger partial charge is 0.478 e. The van der Waals surface area contributed by atoms with Gasteiger partial charge in [0, 0.05) is 19.3 Å². The summed E-state index contributed by atoms with van der Waals surface area (Å²) < 4.78 is 13.4. The minimum atomic E-state index is -1.34. The molecule has 2 amide bonds. The molecule has 0 saturated heterocycles. The molecule has 1 aromatic carbocycles. The van der Waals surface area contributed by atoms with Crippen molar-refractivity contribution >= 4 is 17.7 Å².